The number of ketones is 1. The van der Waals surface area contributed by atoms with Gasteiger partial charge in [0.2, 0.25) is 5.91 Å². The van der Waals surface area contributed by atoms with Crippen molar-refractivity contribution >= 4 is 17.7 Å². The molecular weight excluding hydrogens is 442 g/mol. The Balaban J connectivity index is 1.26. The molecule has 0 aromatic rings. The molecule has 5 aliphatic rings. The maximum absolute atomic E-state index is 13.6. The fourth-order valence-corrected chi connectivity index (χ4v) is 9.90. The van der Waals surface area contributed by atoms with Gasteiger partial charge in [-0.3, -0.25) is 9.59 Å². The van der Waals surface area contributed by atoms with E-state index >= 15 is 0 Å². The van der Waals surface area contributed by atoms with E-state index in [1.54, 1.807) is 4.90 Å². The summed E-state index contributed by atoms with van der Waals surface area (Å²) in [5, 5.41) is 19.7. The van der Waals surface area contributed by atoms with Crippen LogP contribution in [0.2, 0.25) is 0 Å². The fraction of sp³-hybridized carbons (Fsp3) is 0.897. The zero-order valence-electron chi connectivity index (χ0n) is 21.9. The van der Waals surface area contributed by atoms with Crippen LogP contribution in [-0.4, -0.2) is 51.5 Å². The zero-order valence-corrected chi connectivity index (χ0v) is 21.9. The number of hydrogen-bond acceptors (Lipinski definition) is 4. The van der Waals surface area contributed by atoms with E-state index in [1.165, 1.54) is 0 Å². The number of aliphatic hydroxyl groups is 1. The Hall–Kier alpha value is -1.43. The van der Waals surface area contributed by atoms with E-state index in [9.17, 15) is 24.6 Å². The highest BCUT2D eigenvalue weighted by molar-refractivity contribution is 5.84. The summed E-state index contributed by atoms with van der Waals surface area (Å²) in [4.78, 5) is 39.5. The number of aliphatic carboxylic acids is 1. The lowest BCUT2D eigenvalue weighted by Crippen LogP contribution is -2.57. The number of likely N-dealkylation sites (tertiary alicyclic amines) is 1. The smallest absolute Gasteiger partial charge is 0.326 e. The van der Waals surface area contributed by atoms with Gasteiger partial charge in [-0.25, -0.2) is 4.79 Å². The van der Waals surface area contributed by atoms with E-state index in [2.05, 4.69) is 20.8 Å². The predicted octanol–water partition coefficient (Wildman–Crippen LogP) is 4.68. The standard InChI is InChI=1S/C29H45NO5/c1-17(6-9-25(33)30-14-4-5-23(30)27(34)35)20-7-8-21-26-22(11-13-29(20,21)3)28(2)12-10-19(31)15-18(28)16-24(26)32/h17-23,26,31H,4-16H2,1-3H3,(H,34,35)/t17?,18-,19+,20?,21?,22?,23-,26?,28?,29?/m0/s1. The third kappa shape index (κ3) is 4.06. The third-order valence-corrected chi connectivity index (χ3v) is 11.9. The van der Waals surface area contributed by atoms with Crippen LogP contribution in [-0.2, 0) is 14.4 Å². The molecule has 6 nitrogen and oxygen atoms in total. The van der Waals surface area contributed by atoms with E-state index < -0.39 is 12.0 Å². The summed E-state index contributed by atoms with van der Waals surface area (Å²) in [6.07, 6.45) is 10.2. The maximum Gasteiger partial charge on any atom is 0.326 e. The topological polar surface area (TPSA) is 94.9 Å². The summed E-state index contributed by atoms with van der Waals surface area (Å²) in [6.45, 7) is 7.69. The number of carboxylic acids is 1. The normalized spacial score (nSPS) is 46.0. The van der Waals surface area contributed by atoms with Crippen LogP contribution in [0.25, 0.3) is 0 Å². The van der Waals surface area contributed by atoms with Gasteiger partial charge in [0, 0.05) is 25.3 Å². The molecule has 0 spiro atoms. The van der Waals surface area contributed by atoms with Gasteiger partial charge in [-0.15, -0.1) is 0 Å². The summed E-state index contributed by atoms with van der Waals surface area (Å²) in [6, 6.07) is -0.648. The molecule has 5 fully saturated rings. The lowest BCUT2D eigenvalue weighted by atomic mass is 9.44. The summed E-state index contributed by atoms with van der Waals surface area (Å²) in [7, 11) is 0. The summed E-state index contributed by atoms with van der Waals surface area (Å²) in [5.74, 6) is 1.88. The van der Waals surface area contributed by atoms with Crippen molar-refractivity contribution in [3.05, 3.63) is 0 Å². The number of Topliss-reactive ketones (excluding diaryl/α,β-unsaturated/α-hetero) is 1. The lowest BCUT2D eigenvalue weighted by molar-refractivity contribution is -0.160. The van der Waals surface area contributed by atoms with Crippen molar-refractivity contribution in [2.45, 2.75) is 110 Å². The number of carbonyl (C=O) groups is 3. The largest absolute Gasteiger partial charge is 0.480 e. The number of carboxylic acid groups (broad SMARTS) is 1. The molecule has 0 radical (unpaired) electrons. The van der Waals surface area contributed by atoms with Gasteiger partial charge in [-0.05, 0) is 105 Å². The molecule has 6 heteroatoms. The molecule has 1 amide bonds. The van der Waals surface area contributed by atoms with Gasteiger partial charge < -0.3 is 15.1 Å². The monoisotopic (exact) mass is 487 g/mol. The van der Waals surface area contributed by atoms with Crippen molar-refractivity contribution in [1.29, 1.82) is 0 Å². The van der Waals surface area contributed by atoms with Crippen LogP contribution >= 0.6 is 0 Å². The number of hydrogen-bond donors (Lipinski definition) is 2. The van der Waals surface area contributed by atoms with Gasteiger partial charge in [0.05, 0.1) is 6.10 Å². The van der Waals surface area contributed by atoms with Crippen molar-refractivity contribution in [3.63, 3.8) is 0 Å². The molecule has 1 aliphatic heterocycles. The molecular formula is C29H45NO5. The summed E-state index contributed by atoms with van der Waals surface area (Å²) < 4.78 is 0. The minimum absolute atomic E-state index is 0.00827. The summed E-state index contributed by atoms with van der Waals surface area (Å²) in [5.41, 5.74) is 0.333. The molecule has 10 atom stereocenters. The van der Waals surface area contributed by atoms with Crippen LogP contribution < -0.4 is 0 Å². The zero-order chi connectivity index (χ0) is 25.1. The Kier molecular flexibility index (Phi) is 6.59. The van der Waals surface area contributed by atoms with Gasteiger partial charge in [-0.1, -0.05) is 20.8 Å². The maximum atomic E-state index is 13.6. The van der Waals surface area contributed by atoms with E-state index in [0.29, 0.717) is 61.2 Å². The third-order valence-electron chi connectivity index (χ3n) is 11.9. The lowest BCUT2D eigenvalue weighted by Gasteiger charge is -2.60. The van der Waals surface area contributed by atoms with Crippen molar-refractivity contribution in [2.75, 3.05) is 6.54 Å². The first-order valence-corrected chi connectivity index (χ1v) is 14.3. The molecule has 35 heavy (non-hydrogen) atoms. The highest BCUT2D eigenvalue weighted by Gasteiger charge is 2.63. The van der Waals surface area contributed by atoms with Crippen molar-refractivity contribution in [1.82, 2.24) is 4.90 Å². The van der Waals surface area contributed by atoms with Gasteiger partial charge in [0.15, 0.2) is 0 Å². The first kappa shape index (κ1) is 25.2. The first-order valence-electron chi connectivity index (χ1n) is 14.3. The molecule has 1 heterocycles. The molecule has 2 N–H and O–H groups in total. The Morgan fingerprint density at radius 2 is 1.77 bits per heavy atom. The molecule has 196 valence electrons. The SMILES string of the molecule is CC(CCC(=O)N1CCC[C@H]1C(=O)O)C1CCC2C3C(=O)C[C@@H]4C[C@H](O)CCC4(C)C3CCC12C. The molecule has 7 unspecified atom stereocenters. The Labute approximate surface area is 210 Å². The van der Waals surface area contributed by atoms with Crippen LogP contribution in [0.5, 0.6) is 0 Å². The number of carbonyl (C=O) groups excluding carboxylic acids is 2. The minimum Gasteiger partial charge on any atom is -0.480 e. The number of aliphatic hydroxyl groups excluding tert-OH is 1. The van der Waals surface area contributed by atoms with Crippen LogP contribution in [0.4, 0.5) is 0 Å². The van der Waals surface area contributed by atoms with Crippen LogP contribution in [0.15, 0.2) is 0 Å². The van der Waals surface area contributed by atoms with Crippen molar-refractivity contribution in [2.24, 2.45) is 46.3 Å². The first-order chi connectivity index (χ1) is 16.6. The second kappa shape index (κ2) is 9.15. The average Bonchev–Trinajstić information content (AvgIpc) is 3.43. The molecule has 0 aromatic heterocycles. The molecule has 5 rings (SSSR count). The van der Waals surface area contributed by atoms with E-state index in [0.717, 1.165) is 57.8 Å². The quantitative estimate of drug-likeness (QED) is 0.587. The van der Waals surface area contributed by atoms with Crippen LogP contribution in [0.3, 0.4) is 0 Å². The fourth-order valence-electron chi connectivity index (χ4n) is 9.90. The molecule has 0 aromatic carbocycles. The average molecular weight is 488 g/mol. The van der Waals surface area contributed by atoms with Gasteiger partial charge in [0.25, 0.3) is 0 Å². The molecule has 4 saturated carbocycles. The summed E-state index contributed by atoms with van der Waals surface area (Å²) >= 11 is 0. The van der Waals surface area contributed by atoms with Gasteiger partial charge in [-0.2, -0.15) is 0 Å². The van der Waals surface area contributed by atoms with Crippen molar-refractivity contribution < 1.29 is 24.6 Å². The number of fused-ring (bicyclic) bond motifs is 5. The second-order valence-electron chi connectivity index (χ2n) is 13.4. The number of amides is 1. The van der Waals surface area contributed by atoms with Crippen molar-refractivity contribution in [3.8, 4) is 0 Å². The Morgan fingerprint density at radius 3 is 2.51 bits per heavy atom. The highest BCUT2D eigenvalue weighted by atomic mass is 16.4. The Morgan fingerprint density at radius 1 is 1.06 bits per heavy atom. The second-order valence-corrected chi connectivity index (χ2v) is 13.4. The molecule has 4 aliphatic carbocycles. The van der Waals surface area contributed by atoms with E-state index in [-0.39, 0.29) is 28.8 Å². The molecule has 0 bridgehead atoms. The van der Waals surface area contributed by atoms with Crippen LogP contribution in [0, 0.1) is 46.3 Å². The number of nitrogens with zero attached hydrogens (tertiary/aromatic N) is 1. The predicted molar refractivity (Wildman–Crippen MR) is 132 cm³/mol. The van der Waals surface area contributed by atoms with Gasteiger partial charge in [0.1, 0.15) is 11.8 Å². The number of rotatable bonds is 5. The Bertz CT molecular complexity index is 873. The molecule has 1 saturated heterocycles. The van der Waals surface area contributed by atoms with E-state index in [1.807, 2.05) is 0 Å². The van der Waals surface area contributed by atoms with Gasteiger partial charge >= 0.3 is 5.97 Å². The van der Waals surface area contributed by atoms with E-state index in [4.69, 9.17) is 0 Å². The highest BCUT2D eigenvalue weighted by Crippen LogP contribution is 2.67. The minimum atomic E-state index is -0.882. The van der Waals surface area contributed by atoms with Crippen LogP contribution in [0.1, 0.15) is 97.8 Å².